The predicted molar refractivity (Wildman–Crippen MR) is 105 cm³/mol. The molecule has 0 saturated heterocycles. The number of hydrogen-bond acceptors (Lipinski definition) is 5. The number of benzene rings is 1. The minimum atomic E-state index is -0.385. The molecule has 0 aliphatic carbocycles. The number of carbonyl (C=O) groups is 1. The molecule has 9 heteroatoms. The lowest BCUT2D eigenvalue weighted by molar-refractivity contribution is -0.111. The van der Waals surface area contributed by atoms with Crippen molar-refractivity contribution in [1.29, 1.82) is 0 Å². The minimum absolute atomic E-state index is 0.159. The van der Waals surface area contributed by atoms with Crippen LogP contribution in [0, 0.1) is 0 Å². The molecule has 0 aliphatic heterocycles. The Balaban J connectivity index is 1.63. The van der Waals surface area contributed by atoms with Crippen LogP contribution in [0.2, 0.25) is 10.0 Å². The summed E-state index contributed by atoms with van der Waals surface area (Å²) in [5, 5.41) is 15.2. The van der Waals surface area contributed by atoms with E-state index in [0.29, 0.717) is 33.7 Å². The monoisotopic (exact) mass is 405 g/mol. The van der Waals surface area contributed by atoms with E-state index < -0.39 is 0 Å². The van der Waals surface area contributed by atoms with E-state index in [9.17, 15) is 4.79 Å². The fourth-order valence-corrected chi connectivity index (χ4v) is 2.67. The first kappa shape index (κ1) is 19.1. The largest absolute Gasteiger partial charge is 0.457 e. The fourth-order valence-electron chi connectivity index (χ4n) is 2.28. The van der Waals surface area contributed by atoms with Crippen molar-refractivity contribution in [2.24, 2.45) is 0 Å². The molecular weight excluding hydrogens is 389 g/mol. The first-order valence-electron chi connectivity index (χ1n) is 8.38. The summed E-state index contributed by atoms with van der Waals surface area (Å²) in [5.74, 6) is 0.828. The number of nitrogens with zero attached hydrogens (tertiary/aromatic N) is 4. The molecule has 0 aliphatic rings. The van der Waals surface area contributed by atoms with Crippen LogP contribution in [0.5, 0.6) is 0 Å². The number of tetrazole rings is 1. The van der Waals surface area contributed by atoms with E-state index in [1.165, 1.54) is 10.9 Å². The predicted octanol–water partition coefficient (Wildman–Crippen LogP) is 4.69. The number of rotatable bonds is 7. The Bertz CT molecular complexity index is 964. The van der Waals surface area contributed by atoms with Crippen molar-refractivity contribution in [2.45, 2.75) is 26.3 Å². The Morgan fingerprint density at radius 1 is 1.30 bits per heavy atom. The molecular formula is C18H17Cl2N5O2. The summed E-state index contributed by atoms with van der Waals surface area (Å²) in [6, 6.07) is 8.79. The number of halogens is 2. The zero-order chi connectivity index (χ0) is 19.2. The van der Waals surface area contributed by atoms with Gasteiger partial charge in [-0.05, 0) is 42.0 Å². The van der Waals surface area contributed by atoms with E-state index in [-0.39, 0.29) is 11.9 Å². The van der Waals surface area contributed by atoms with Crippen molar-refractivity contribution >= 4 is 41.1 Å². The number of anilines is 1. The minimum Gasteiger partial charge on any atom is -0.457 e. The average Bonchev–Trinajstić information content (AvgIpc) is 3.30. The van der Waals surface area contributed by atoms with Crippen LogP contribution in [0.4, 0.5) is 5.95 Å². The highest BCUT2D eigenvalue weighted by molar-refractivity contribution is 6.43. The number of unbranched alkanes of at least 4 members (excludes halogenated alkanes) is 1. The quantitative estimate of drug-likeness (QED) is 0.576. The van der Waals surface area contributed by atoms with Gasteiger partial charge in [0, 0.05) is 11.6 Å². The lowest BCUT2D eigenvalue weighted by Crippen LogP contribution is -2.10. The van der Waals surface area contributed by atoms with Gasteiger partial charge in [0.05, 0.1) is 16.6 Å². The standard InChI is InChI=1S/C18H17Cl2N5O2/c1-2-3-11-25-23-18(22-24-25)21-16(26)10-8-12-7-9-15(27-12)13-5-4-6-14(19)17(13)20/h4-10H,2-3,11H2,1H3,(H,21,23,26). The molecule has 0 bridgehead atoms. The maximum atomic E-state index is 12.0. The van der Waals surface area contributed by atoms with Crippen molar-refractivity contribution in [3.05, 3.63) is 52.2 Å². The third-order valence-electron chi connectivity index (χ3n) is 3.64. The third kappa shape index (κ3) is 4.96. The molecule has 1 aromatic carbocycles. The van der Waals surface area contributed by atoms with Crippen LogP contribution >= 0.6 is 23.2 Å². The van der Waals surface area contributed by atoms with E-state index in [2.05, 4.69) is 27.7 Å². The molecule has 1 amide bonds. The second kappa shape index (κ2) is 8.83. The number of carbonyl (C=O) groups excluding carboxylic acids is 1. The Hall–Kier alpha value is -2.64. The van der Waals surface area contributed by atoms with Gasteiger partial charge in [0.25, 0.3) is 11.9 Å². The molecule has 0 saturated carbocycles. The maximum absolute atomic E-state index is 12.0. The first-order valence-corrected chi connectivity index (χ1v) is 9.13. The van der Waals surface area contributed by atoms with Crippen LogP contribution in [-0.4, -0.2) is 26.1 Å². The van der Waals surface area contributed by atoms with Gasteiger partial charge < -0.3 is 4.42 Å². The third-order valence-corrected chi connectivity index (χ3v) is 4.46. The molecule has 0 unspecified atom stereocenters. The van der Waals surface area contributed by atoms with Crippen LogP contribution in [-0.2, 0) is 11.3 Å². The number of hydrogen-bond donors (Lipinski definition) is 1. The summed E-state index contributed by atoms with van der Waals surface area (Å²) in [4.78, 5) is 13.4. The van der Waals surface area contributed by atoms with Gasteiger partial charge >= 0.3 is 0 Å². The lowest BCUT2D eigenvalue weighted by atomic mass is 10.2. The van der Waals surface area contributed by atoms with Gasteiger partial charge in [-0.15, -0.1) is 5.10 Å². The van der Waals surface area contributed by atoms with Gasteiger partial charge in [0.1, 0.15) is 11.5 Å². The second-order valence-electron chi connectivity index (χ2n) is 5.69. The Labute approximate surface area is 166 Å². The van der Waals surface area contributed by atoms with E-state index in [1.807, 2.05) is 0 Å². The number of amides is 1. The molecule has 0 radical (unpaired) electrons. The smallest absolute Gasteiger partial charge is 0.270 e. The zero-order valence-corrected chi connectivity index (χ0v) is 16.0. The van der Waals surface area contributed by atoms with E-state index in [0.717, 1.165) is 12.8 Å². The topological polar surface area (TPSA) is 85.8 Å². The molecule has 140 valence electrons. The highest BCUT2D eigenvalue weighted by Crippen LogP contribution is 2.34. The SMILES string of the molecule is CCCCn1nnc(NC(=O)C=Cc2ccc(-c3cccc(Cl)c3Cl)o2)n1. The van der Waals surface area contributed by atoms with Gasteiger partial charge in [-0.25, -0.2) is 0 Å². The van der Waals surface area contributed by atoms with Crippen molar-refractivity contribution < 1.29 is 9.21 Å². The second-order valence-corrected chi connectivity index (χ2v) is 6.47. The van der Waals surface area contributed by atoms with E-state index >= 15 is 0 Å². The molecule has 2 heterocycles. The van der Waals surface area contributed by atoms with Gasteiger partial charge in [-0.3, -0.25) is 10.1 Å². The summed E-state index contributed by atoms with van der Waals surface area (Å²) in [6.45, 7) is 2.74. The fraction of sp³-hybridized carbons (Fsp3) is 0.222. The number of furan rings is 1. The summed E-state index contributed by atoms with van der Waals surface area (Å²) in [6.07, 6.45) is 4.84. The maximum Gasteiger partial charge on any atom is 0.270 e. The Morgan fingerprint density at radius 3 is 2.96 bits per heavy atom. The van der Waals surface area contributed by atoms with Crippen molar-refractivity contribution in [3.63, 3.8) is 0 Å². The summed E-state index contributed by atoms with van der Waals surface area (Å²) in [5.41, 5.74) is 0.682. The zero-order valence-electron chi connectivity index (χ0n) is 14.5. The molecule has 0 spiro atoms. The van der Waals surface area contributed by atoms with E-state index in [4.69, 9.17) is 27.6 Å². The molecule has 3 aromatic rings. The number of aryl methyl sites for hydroxylation is 1. The van der Waals surface area contributed by atoms with Crippen molar-refractivity contribution in [3.8, 4) is 11.3 Å². The summed E-state index contributed by atoms with van der Waals surface area (Å²) in [7, 11) is 0. The molecule has 7 nitrogen and oxygen atoms in total. The van der Waals surface area contributed by atoms with Gasteiger partial charge in [0.15, 0.2) is 0 Å². The van der Waals surface area contributed by atoms with Crippen LogP contribution < -0.4 is 5.32 Å². The molecule has 2 aromatic heterocycles. The Morgan fingerprint density at radius 2 is 2.15 bits per heavy atom. The van der Waals surface area contributed by atoms with Crippen LogP contribution in [0.3, 0.4) is 0 Å². The van der Waals surface area contributed by atoms with Crippen LogP contribution in [0.1, 0.15) is 25.5 Å². The van der Waals surface area contributed by atoms with Gasteiger partial charge in [0.2, 0.25) is 0 Å². The van der Waals surface area contributed by atoms with E-state index in [1.54, 1.807) is 36.4 Å². The number of nitrogens with one attached hydrogen (secondary N) is 1. The molecule has 0 fully saturated rings. The lowest BCUT2D eigenvalue weighted by Gasteiger charge is -2.01. The molecule has 0 atom stereocenters. The van der Waals surface area contributed by atoms with Crippen molar-refractivity contribution in [1.82, 2.24) is 20.2 Å². The highest BCUT2D eigenvalue weighted by atomic mass is 35.5. The number of aromatic nitrogens is 4. The Kier molecular flexibility index (Phi) is 6.26. The highest BCUT2D eigenvalue weighted by Gasteiger charge is 2.10. The van der Waals surface area contributed by atoms with Gasteiger partial charge in [-0.2, -0.15) is 4.80 Å². The summed E-state index contributed by atoms with van der Waals surface area (Å²) < 4.78 is 5.70. The molecule has 3 rings (SSSR count). The molecule has 1 N–H and O–H groups in total. The van der Waals surface area contributed by atoms with Crippen molar-refractivity contribution in [2.75, 3.05) is 5.32 Å². The van der Waals surface area contributed by atoms with Crippen LogP contribution in [0.25, 0.3) is 17.4 Å². The first-order chi connectivity index (χ1) is 13.1. The average molecular weight is 406 g/mol. The van der Waals surface area contributed by atoms with Gasteiger partial charge in [-0.1, -0.05) is 47.7 Å². The molecule has 27 heavy (non-hydrogen) atoms. The van der Waals surface area contributed by atoms with Crippen LogP contribution in [0.15, 0.2) is 40.8 Å². The normalized spacial score (nSPS) is 11.2. The summed E-state index contributed by atoms with van der Waals surface area (Å²) >= 11 is 12.2.